The van der Waals surface area contributed by atoms with Crippen LogP contribution in [0.3, 0.4) is 0 Å². The minimum Gasteiger partial charge on any atom is -0.397 e. The van der Waals surface area contributed by atoms with E-state index >= 15 is 0 Å². The van der Waals surface area contributed by atoms with E-state index in [4.69, 9.17) is 15.5 Å². The molecule has 5 heterocycles. The van der Waals surface area contributed by atoms with Crippen molar-refractivity contribution in [1.82, 2.24) is 20.6 Å². The predicted molar refractivity (Wildman–Crippen MR) is 125 cm³/mol. The summed E-state index contributed by atoms with van der Waals surface area (Å²) in [5.74, 6) is 0.273. The van der Waals surface area contributed by atoms with Gasteiger partial charge in [-0.2, -0.15) is 0 Å². The van der Waals surface area contributed by atoms with Crippen molar-refractivity contribution in [3.63, 3.8) is 0 Å². The molecule has 2 fully saturated rings. The van der Waals surface area contributed by atoms with Crippen molar-refractivity contribution in [1.29, 1.82) is 0 Å². The quantitative estimate of drug-likeness (QED) is 0.568. The summed E-state index contributed by atoms with van der Waals surface area (Å²) in [5, 5.41) is 7.51. The first-order valence-electron chi connectivity index (χ1n) is 11.4. The molecule has 0 radical (unpaired) electrons. The highest BCUT2D eigenvalue weighted by atomic mass is 32.1. The molecule has 166 valence electrons. The smallest absolute Gasteiger partial charge is 0.263 e. The third kappa shape index (κ3) is 3.46. The molecule has 2 bridgehead atoms. The van der Waals surface area contributed by atoms with Crippen LogP contribution in [0.1, 0.15) is 51.1 Å². The van der Waals surface area contributed by atoms with Crippen LogP contribution in [0, 0.1) is 6.92 Å². The number of nitrogens with one attached hydrogen (secondary N) is 2. The summed E-state index contributed by atoms with van der Waals surface area (Å²) < 4.78 is 6.09. The molecule has 2 saturated heterocycles. The van der Waals surface area contributed by atoms with Crippen molar-refractivity contribution < 1.29 is 9.53 Å². The van der Waals surface area contributed by atoms with E-state index in [0.29, 0.717) is 22.6 Å². The highest BCUT2D eigenvalue weighted by Gasteiger charge is 2.39. The summed E-state index contributed by atoms with van der Waals surface area (Å²) in [6.07, 6.45) is 4.15. The van der Waals surface area contributed by atoms with Crippen LogP contribution in [-0.4, -0.2) is 47.2 Å². The lowest BCUT2D eigenvalue weighted by Crippen LogP contribution is -2.39. The molecule has 1 amide bonds. The van der Waals surface area contributed by atoms with Gasteiger partial charge in [-0.25, -0.2) is 4.98 Å². The number of anilines is 1. The minimum atomic E-state index is -0.107. The monoisotopic (exact) mass is 449 g/mol. The number of carbonyl (C=O) groups is 1. The Bertz CT molecular complexity index is 1210. The number of pyridine rings is 2. The third-order valence-corrected chi connectivity index (χ3v) is 8.10. The molecule has 0 aromatic carbocycles. The fraction of sp³-hybridized carbons (Fsp3) is 0.458. The third-order valence-electron chi connectivity index (χ3n) is 6.99. The topological polar surface area (TPSA) is 102 Å². The van der Waals surface area contributed by atoms with E-state index in [-0.39, 0.29) is 18.1 Å². The van der Waals surface area contributed by atoms with Crippen molar-refractivity contribution in [2.45, 2.75) is 56.8 Å². The van der Waals surface area contributed by atoms with Crippen LogP contribution in [-0.2, 0) is 17.6 Å². The van der Waals surface area contributed by atoms with Crippen LogP contribution < -0.4 is 16.4 Å². The van der Waals surface area contributed by atoms with Gasteiger partial charge in [-0.05, 0) is 56.4 Å². The fourth-order valence-corrected chi connectivity index (χ4v) is 6.36. The molecule has 32 heavy (non-hydrogen) atoms. The molecule has 3 aromatic rings. The van der Waals surface area contributed by atoms with Gasteiger partial charge in [0, 0.05) is 47.5 Å². The molecule has 4 N–H and O–H groups in total. The van der Waals surface area contributed by atoms with E-state index in [9.17, 15) is 4.79 Å². The number of hydrogen-bond acceptors (Lipinski definition) is 7. The number of thiophene rings is 1. The number of fused-ring (bicyclic) bond motifs is 4. The van der Waals surface area contributed by atoms with Crippen LogP contribution in [0.4, 0.5) is 5.69 Å². The van der Waals surface area contributed by atoms with Crippen molar-refractivity contribution in [2.24, 2.45) is 0 Å². The van der Waals surface area contributed by atoms with Crippen molar-refractivity contribution in [3.8, 4) is 0 Å². The second-order valence-electron chi connectivity index (χ2n) is 9.20. The Balaban J connectivity index is 1.17. The van der Waals surface area contributed by atoms with Gasteiger partial charge in [-0.15, -0.1) is 11.3 Å². The van der Waals surface area contributed by atoms with Crippen molar-refractivity contribution >= 4 is 33.1 Å². The molecule has 3 aliphatic rings. The first-order chi connectivity index (χ1) is 15.5. The van der Waals surface area contributed by atoms with E-state index < -0.39 is 0 Å². The summed E-state index contributed by atoms with van der Waals surface area (Å²) in [6.45, 7) is 3.79. The van der Waals surface area contributed by atoms with Gasteiger partial charge in [0.15, 0.2) is 0 Å². The van der Waals surface area contributed by atoms with Crippen LogP contribution >= 0.6 is 11.3 Å². The standard InChI is InChI=1S/C24H27N5O2S/c1-12-2-5-16-21(25)22(32-24(16)27-12)23(30)28-14-4-7-18-13(8-14)3-6-19(29-18)17-9-15-10-26-11-20(17)31-15/h2-3,5-6,14-15,17,20,26H,4,7-11,25H2,1H3,(H,28,30). The summed E-state index contributed by atoms with van der Waals surface area (Å²) in [4.78, 5) is 23.9. The lowest BCUT2D eigenvalue weighted by molar-refractivity contribution is 0.0145. The maximum Gasteiger partial charge on any atom is 0.263 e. The predicted octanol–water partition coefficient (Wildman–Crippen LogP) is 2.71. The normalized spacial score (nSPS) is 26.8. The lowest BCUT2D eigenvalue weighted by atomic mass is 9.89. The number of nitrogens with two attached hydrogens (primary N) is 1. The number of hydrogen-bond donors (Lipinski definition) is 3. The van der Waals surface area contributed by atoms with Gasteiger partial charge in [0.1, 0.15) is 9.71 Å². The average molecular weight is 450 g/mol. The number of nitrogen functional groups attached to an aromatic ring is 1. The number of ether oxygens (including phenoxy) is 1. The van der Waals surface area contributed by atoms with Crippen LogP contribution in [0.5, 0.6) is 0 Å². The summed E-state index contributed by atoms with van der Waals surface area (Å²) in [7, 11) is 0. The number of carbonyl (C=O) groups excluding carboxylic acids is 1. The fourth-order valence-electron chi connectivity index (χ4n) is 5.32. The van der Waals surface area contributed by atoms with Gasteiger partial charge in [0.2, 0.25) is 0 Å². The molecule has 7 nitrogen and oxygen atoms in total. The first-order valence-corrected chi connectivity index (χ1v) is 12.2. The van der Waals surface area contributed by atoms with Gasteiger partial charge in [-0.1, -0.05) is 6.07 Å². The molecule has 8 heteroatoms. The van der Waals surface area contributed by atoms with Gasteiger partial charge in [0.05, 0.1) is 17.9 Å². The Kier molecular flexibility index (Phi) is 4.89. The van der Waals surface area contributed by atoms with Crippen LogP contribution in [0.25, 0.3) is 10.2 Å². The molecule has 2 aliphatic heterocycles. The maximum absolute atomic E-state index is 13.0. The van der Waals surface area contributed by atoms with Crippen LogP contribution in [0.15, 0.2) is 24.3 Å². The van der Waals surface area contributed by atoms with E-state index in [1.54, 1.807) is 0 Å². The minimum absolute atomic E-state index is 0.0835. The summed E-state index contributed by atoms with van der Waals surface area (Å²) in [6, 6.07) is 8.31. The zero-order valence-corrected chi connectivity index (χ0v) is 18.9. The Morgan fingerprint density at radius 1 is 1.25 bits per heavy atom. The van der Waals surface area contributed by atoms with Gasteiger partial charge < -0.3 is 21.1 Å². The first kappa shape index (κ1) is 20.1. The van der Waals surface area contributed by atoms with E-state index in [1.807, 2.05) is 19.1 Å². The second-order valence-corrected chi connectivity index (χ2v) is 10.2. The van der Waals surface area contributed by atoms with Gasteiger partial charge >= 0.3 is 0 Å². The highest BCUT2D eigenvalue weighted by molar-refractivity contribution is 7.21. The van der Waals surface area contributed by atoms with Crippen molar-refractivity contribution in [2.75, 3.05) is 18.8 Å². The van der Waals surface area contributed by atoms with Gasteiger partial charge in [0.25, 0.3) is 5.91 Å². The summed E-state index contributed by atoms with van der Waals surface area (Å²) in [5.41, 5.74) is 11.3. The number of rotatable bonds is 3. The number of amides is 1. The highest BCUT2D eigenvalue weighted by Crippen LogP contribution is 2.37. The zero-order valence-electron chi connectivity index (χ0n) is 18.1. The number of aromatic nitrogens is 2. The molecule has 3 aromatic heterocycles. The average Bonchev–Trinajstić information content (AvgIpc) is 3.28. The second kappa shape index (κ2) is 7.79. The molecule has 4 unspecified atom stereocenters. The Labute approximate surface area is 190 Å². The molecule has 0 saturated carbocycles. The lowest BCUT2D eigenvalue weighted by Gasteiger charge is -2.26. The van der Waals surface area contributed by atoms with Gasteiger partial charge in [-0.3, -0.25) is 9.78 Å². The number of aryl methyl sites for hydroxylation is 2. The largest absolute Gasteiger partial charge is 0.397 e. The van der Waals surface area contributed by atoms with E-state index in [2.05, 4.69) is 27.8 Å². The van der Waals surface area contributed by atoms with E-state index in [1.165, 1.54) is 22.6 Å². The molecule has 1 aliphatic carbocycles. The SMILES string of the molecule is Cc1ccc2c(N)c(C(=O)NC3CCc4nc(C5CC6CNCC5O6)ccc4C3)sc2n1. The maximum atomic E-state index is 13.0. The molecular formula is C24H27N5O2S. The molecule has 0 spiro atoms. The van der Waals surface area contributed by atoms with Crippen LogP contribution in [0.2, 0.25) is 0 Å². The Morgan fingerprint density at radius 2 is 2.16 bits per heavy atom. The number of morpholine rings is 1. The zero-order chi connectivity index (χ0) is 21.8. The molecule has 6 rings (SSSR count). The molecule has 4 atom stereocenters. The summed E-state index contributed by atoms with van der Waals surface area (Å²) >= 11 is 1.37. The number of nitrogens with zero attached hydrogens (tertiary/aromatic N) is 2. The van der Waals surface area contributed by atoms with Crippen molar-refractivity contribution in [3.05, 3.63) is 51.8 Å². The Morgan fingerprint density at radius 3 is 3.03 bits per heavy atom. The Hall–Kier alpha value is -2.55. The van der Waals surface area contributed by atoms with E-state index in [0.717, 1.165) is 60.4 Å². The molecular weight excluding hydrogens is 422 g/mol.